The van der Waals surface area contributed by atoms with E-state index in [2.05, 4.69) is 0 Å². The molecular weight excluding hydrogens is 132 g/mol. The number of fused-ring (bicyclic) bond motifs is 1. The van der Waals surface area contributed by atoms with E-state index in [1.54, 1.807) is 0 Å². The first-order valence-electron chi connectivity index (χ1n) is 3.76. The lowest BCUT2D eigenvalue weighted by Crippen LogP contribution is -2.17. The fourth-order valence-electron chi connectivity index (χ4n) is 1.74. The fourth-order valence-corrected chi connectivity index (χ4v) is 1.74. The third-order valence-corrected chi connectivity index (χ3v) is 2.40. The van der Waals surface area contributed by atoms with Gasteiger partial charge in [-0.1, -0.05) is 0 Å². The van der Waals surface area contributed by atoms with Crippen LogP contribution in [0, 0.1) is 11.8 Å². The van der Waals surface area contributed by atoms with Gasteiger partial charge < -0.3 is 14.6 Å². The maximum absolute atomic E-state index is 8.88. The minimum atomic E-state index is -0.00264. The van der Waals surface area contributed by atoms with E-state index < -0.39 is 0 Å². The van der Waals surface area contributed by atoms with E-state index in [0.717, 1.165) is 13.0 Å². The number of aliphatic hydroxyl groups excluding tert-OH is 1. The number of hydrogen-bond donors (Lipinski definition) is 1. The van der Waals surface area contributed by atoms with Crippen LogP contribution in [0.4, 0.5) is 0 Å². The molecule has 2 aliphatic heterocycles. The van der Waals surface area contributed by atoms with Crippen molar-refractivity contribution in [3.63, 3.8) is 0 Å². The number of rotatable bonds is 1. The summed E-state index contributed by atoms with van der Waals surface area (Å²) in [5.74, 6) is 0.789. The first-order valence-corrected chi connectivity index (χ1v) is 3.76. The molecule has 2 fully saturated rings. The number of ether oxygens (including phenoxy) is 2. The predicted octanol–water partition coefficient (Wildman–Crippen LogP) is -0.0123. The monoisotopic (exact) mass is 144 g/mol. The van der Waals surface area contributed by atoms with Crippen LogP contribution >= 0.6 is 0 Å². The van der Waals surface area contributed by atoms with Gasteiger partial charge in [-0.15, -0.1) is 0 Å². The summed E-state index contributed by atoms with van der Waals surface area (Å²) in [6, 6.07) is 0. The molecule has 0 aromatic rings. The Bertz CT molecular complexity index is 126. The maximum Gasteiger partial charge on any atom is 0.160 e. The van der Waals surface area contributed by atoms with Crippen molar-refractivity contribution in [2.24, 2.45) is 11.8 Å². The van der Waals surface area contributed by atoms with Crippen LogP contribution < -0.4 is 0 Å². The van der Waals surface area contributed by atoms with E-state index in [4.69, 9.17) is 14.6 Å². The lowest BCUT2D eigenvalue weighted by molar-refractivity contribution is -0.0905. The van der Waals surface area contributed by atoms with Gasteiger partial charge in [0, 0.05) is 18.4 Å². The summed E-state index contributed by atoms with van der Waals surface area (Å²) in [5, 5.41) is 8.88. The molecule has 0 unspecified atom stereocenters. The van der Waals surface area contributed by atoms with Gasteiger partial charge in [0.25, 0.3) is 0 Å². The van der Waals surface area contributed by atoms with Crippen LogP contribution in [-0.2, 0) is 9.47 Å². The molecule has 3 nitrogen and oxygen atoms in total. The third-order valence-electron chi connectivity index (χ3n) is 2.40. The van der Waals surface area contributed by atoms with Crippen LogP contribution in [0.1, 0.15) is 6.42 Å². The van der Waals surface area contributed by atoms with Gasteiger partial charge in [0.1, 0.15) is 0 Å². The highest BCUT2D eigenvalue weighted by atomic mass is 16.7. The van der Waals surface area contributed by atoms with Crippen LogP contribution in [0.2, 0.25) is 0 Å². The Morgan fingerprint density at radius 1 is 1.40 bits per heavy atom. The van der Waals surface area contributed by atoms with Crippen LogP contribution in [0.25, 0.3) is 0 Å². The maximum atomic E-state index is 8.88. The summed E-state index contributed by atoms with van der Waals surface area (Å²) < 4.78 is 10.6. The SMILES string of the molecule is OC[C@@H]1CO[C@H]2OCC[C@@H]12. The van der Waals surface area contributed by atoms with Gasteiger partial charge in [-0.05, 0) is 6.42 Å². The summed E-state index contributed by atoms with van der Waals surface area (Å²) in [7, 11) is 0. The second-order valence-electron chi connectivity index (χ2n) is 2.97. The van der Waals surface area contributed by atoms with Crippen LogP contribution in [0.15, 0.2) is 0 Å². The molecule has 0 aromatic carbocycles. The van der Waals surface area contributed by atoms with Gasteiger partial charge in [0.15, 0.2) is 6.29 Å². The highest BCUT2D eigenvalue weighted by molar-refractivity contribution is 4.82. The molecule has 0 aromatic heterocycles. The predicted molar refractivity (Wildman–Crippen MR) is 34.4 cm³/mol. The zero-order valence-electron chi connectivity index (χ0n) is 5.82. The number of hydrogen-bond acceptors (Lipinski definition) is 3. The Hall–Kier alpha value is -0.120. The Labute approximate surface area is 59.9 Å². The molecular formula is C7H12O3. The molecule has 3 atom stereocenters. The molecule has 2 saturated heterocycles. The molecule has 0 spiro atoms. The fraction of sp³-hybridized carbons (Fsp3) is 1.00. The molecule has 0 aliphatic carbocycles. The summed E-state index contributed by atoms with van der Waals surface area (Å²) in [5.41, 5.74) is 0. The summed E-state index contributed by atoms with van der Waals surface area (Å²) in [6.07, 6.45) is 1.05. The topological polar surface area (TPSA) is 38.7 Å². The standard InChI is InChI=1S/C7H12O3/c8-3-5-4-10-7-6(5)1-2-9-7/h5-8H,1-4H2/t5-,6+,7-/m1/s1. The van der Waals surface area contributed by atoms with Gasteiger partial charge in [0.2, 0.25) is 0 Å². The van der Waals surface area contributed by atoms with Crippen molar-refractivity contribution in [1.82, 2.24) is 0 Å². The largest absolute Gasteiger partial charge is 0.396 e. The second kappa shape index (κ2) is 2.49. The second-order valence-corrected chi connectivity index (χ2v) is 2.97. The first kappa shape index (κ1) is 6.58. The van der Waals surface area contributed by atoms with Crippen molar-refractivity contribution >= 4 is 0 Å². The highest BCUT2D eigenvalue weighted by Gasteiger charge is 2.40. The smallest absolute Gasteiger partial charge is 0.160 e. The minimum absolute atomic E-state index is 0.00264. The van der Waals surface area contributed by atoms with Crippen molar-refractivity contribution < 1.29 is 14.6 Å². The molecule has 10 heavy (non-hydrogen) atoms. The van der Waals surface area contributed by atoms with Crippen molar-refractivity contribution in [3.8, 4) is 0 Å². The van der Waals surface area contributed by atoms with Crippen molar-refractivity contribution in [1.29, 1.82) is 0 Å². The summed E-state index contributed by atoms with van der Waals surface area (Å²) in [4.78, 5) is 0. The average molecular weight is 144 g/mol. The van der Waals surface area contributed by atoms with E-state index in [1.165, 1.54) is 0 Å². The van der Waals surface area contributed by atoms with Crippen LogP contribution in [-0.4, -0.2) is 31.2 Å². The van der Waals surface area contributed by atoms with Gasteiger partial charge in [-0.2, -0.15) is 0 Å². The molecule has 2 heterocycles. The molecule has 2 rings (SSSR count). The quantitative estimate of drug-likeness (QED) is 0.562. The van der Waals surface area contributed by atoms with E-state index in [-0.39, 0.29) is 12.9 Å². The molecule has 58 valence electrons. The van der Waals surface area contributed by atoms with Gasteiger partial charge >= 0.3 is 0 Å². The minimum Gasteiger partial charge on any atom is -0.396 e. The lowest BCUT2D eigenvalue weighted by Gasteiger charge is -2.09. The third kappa shape index (κ3) is 0.856. The van der Waals surface area contributed by atoms with Crippen molar-refractivity contribution in [2.45, 2.75) is 12.7 Å². The number of aliphatic hydroxyl groups is 1. The van der Waals surface area contributed by atoms with E-state index in [1.807, 2.05) is 0 Å². The average Bonchev–Trinajstić information content (AvgIpc) is 2.44. The van der Waals surface area contributed by atoms with Crippen LogP contribution in [0.3, 0.4) is 0 Å². The van der Waals surface area contributed by atoms with E-state index >= 15 is 0 Å². The Morgan fingerprint density at radius 3 is 3.10 bits per heavy atom. The van der Waals surface area contributed by atoms with Gasteiger partial charge in [-0.3, -0.25) is 0 Å². The van der Waals surface area contributed by atoms with Crippen molar-refractivity contribution in [3.05, 3.63) is 0 Å². The normalized spacial score (nSPS) is 45.9. The van der Waals surface area contributed by atoms with Gasteiger partial charge in [-0.25, -0.2) is 0 Å². The molecule has 0 bridgehead atoms. The Kier molecular flexibility index (Phi) is 1.64. The lowest BCUT2D eigenvalue weighted by atomic mass is 9.94. The van der Waals surface area contributed by atoms with Gasteiger partial charge in [0.05, 0.1) is 13.2 Å². The Morgan fingerprint density at radius 2 is 2.30 bits per heavy atom. The van der Waals surface area contributed by atoms with E-state index in [0.29, 0.717) is 18.4 Å². The van der Waals surface area contributed by atoms with Crippen molar-refractivity contribution in [2.75, 3.05) is 19.8 Å². The Balaban J connectivity index is 2.01. The molecule has 2 aliphatic rings. The molecule has 0 radical (unpaired) electrons. The molecule has 3 heteroatoms. The zero-order valence-corrected chi connectivity index (χ0v) is 5.82. The summed E-state index contributed by atoms with van der Waals surface area (Å²) in [6.45, 7) is 1.71. The highest BCUT2D eigenvalue weighted by Crippen LogP contribution is 2.34. The zero-order chi connectivity index (χ0) is 6.97. The first-order chi connectivity index (χ1) is 4.92. The summed E-state index contributed by atoms with van der Waals surface area (Å²) >= 11 is 0. The molecule has 1 N–H and O–H groups in total. The van der Waals surface area contributed by atoms with Crippen LogP contribution in [0.5, 0.6) is 0 Å². The van der Waals surface area contributed by atoms with E-state index in [9.17, 15) is 0 Å². The molecule has 0 saturated carbocycles. The molecule has 0 amide bonds.